The second-order valence-electron chi connectivity index (χ2n) is 6.84. The second kappa shape index (κ2) is 6.79. The quantitative estimate of drug-likeness (QED) is 0.680. The molecule has 3 aromatic rings. The topological polar surface area (TPSA) is 86.0 Å². The van der Waals surface area contributed by atoms with Crippen LogP contribution in [0.5, 0.6) is 0 Å². The molecule has 8 heteroatoms. The summed E-state index contributed by atoms with van der Waals surface area (Å²) in [7, 11) is 0. The molecule has 0 amide bonds. The molecule has 0 radical (unpaired) electrons. The molecule has 3 aromatic heterocycles. The fourth-order valence-corrected chi connectivity index (χ4v) is 3.35. The van der Waals surface area contributed by atoms with E-state index in [1.54, 1.807) is 12.3 Å². The highest BCUT2D eigenvalue weighted by Gasteiger charge is 2.31. The fourth-order valence-electron chi connectivity index (χ4n) is 3.35. The minimum atomic E-state index is 0.236. The van der Waals surface area contributed by atoms with Crippen molar-refractivity contribution < 1.29 is 8.83 Å². The van der Waals surface area contributed by atoms with Crippen LogP contribution in [-0.4, -0.2) is 36.4 Å². The Balaban J connectivity index is 1.50. The average Bonchev–Trinajstić information content (AvgIpc) is 3.34. The summed E-state index contributed by atoms with van der Waals surface area (Å²) in [6.07, 6.45) is 5.61. The number of rotatable bonds is 6. The van der Waals surface area contributed by atoms with Gasteiger partial charge in [0.15, 0.2) is 5.76 Å². The Morgan fingerprint density at radius 1 is 1.28 bits per heavy atom. The van der Waals surface area contributed by atoms with Crippen LogP contribution < -0.4 is 0 Å². The van der Waals surface area contributed by atoms with E-state index in [-0.39, 0.29) is 6.04 Å². The normalized spacial score (nSPS) is 18.4. The van der Waals surface area contributed by atoms with Crippen molar-refractivity contribution in [3.05, 3.63) is 36.4 Å². The molecule has 25 heavy (non-hydrogen) atoms. The third-order valence-electron chi connectivity index (χ3n) is 4.41. The Morgan fingerprint density at radius 2 is 2.20 bits per heavy atom. The van der Waals surface area contributed by atoms with Gasteiger partial charge in [-0.2, -0.15) is 0 Å². The molecule has 0 saturated carbocycles. The molecule has 1 aliphatic rings. The number of hydrogen-bond acceptors (Lipinski definition) is 7. The highest BCUT2D eigenvalue weighted by molar-refractivity contribution is 5.42. The van der Waals surface area contributed by atoms with Gasteiger partial charge in [0.05, 0.1) is 18.8 Å². The monoisotopic (exact) mass is 342 g/mol. The summed E-state index contributed by atoms with van der Waals surface area (Å²) in [6, 6.07) is 3.85. The molecule has 1 unspecified atom stereocenters. The van der Waals surface area contributed by atoms with Crippen molar-refractivity contribution in [1.82, 2.24) is 29.9 Å². The van der Waals surface area contributed by atoms with Crippen LogP contribution in [0.4, 0.5) is 0 Å². The lowest BCUT2D eigenvalue weighted by Gasteiger charge is -2.23. The Hall–Kier alpha value is -2.48. The molecule has 0 aromatic carbocycles. The van der Waals surface area contributed by atoms with E-state index in [0.29, 0.717) is 30.0 Å². The first kappa shape index (κ1) is 16.0. The first-order valence-electron chi connectivity index (χ1n) is 8.68. The number of nitrogens with zero attached hydrogens (tertiary/aromatic N) is 6. The van der Waals surface area contributed by atoms with Crippen LogP contribution >= 0.6 is 0 Å². The zero-order valence-electron chi connectivity index (χ0n) is 14.5. The molecular weight excluding hydrogens is 320 g/mol. The summed E-state index contributed by atoms with van der Waals surface area (Å²) in [6.45, 7) is 6.91. The van der Waals surface area contributed by atoms with Crippen molar-refractivity contribution in [2.45, 2.75) is 45.8 Å². The maximum atomic E-state index is 5.75. The highest BCUT2D eigenvalue weighted by Crippen LogP contribution is 2.32. The van der Waals surface area contributed by atoms with Crippen LogP contribution in [0.25, 0.3) is 11.7 Å². The standard InChI is InChI=1S/C17H22N6O2/c1-12(2)9-23-11-18-20-16(23)13-5-3-7-22(13)10-15-19-21-17(25-15)14-6-4-8-24-14/h4,6,8,11-13H,3,5,7,9-10H2,1-2H3. The van der Waals surface area contributed by atoms with Gasteiger partial charge in [0, 0.05) is 6.54 Å². The summed E-state index contributed by atoms with van der Waals surface area (Å²) in [5.41, 5.74) is 0. The van der Waals surface area contributed by atoms with Gasteiger partial charge >= 0.3 is 0 Å². The summed E-state index contributed by atoms with van der Waals surface area (Å²) >= 11 is 0. The largest absolute Gasteiger partial charge is 0.459 e. The average molecular weight is 342 g/mol. The molecule has 132 valence electrons. The lowest BCUT2D eigenvalue weighted by atomic mass is 10.2. The van der Waals surface area contributed by atoms with Crippen LogP contribution in [0.1, 0.15) is 44.4 Å². The minimum absolute atomic E-state index is 0.236. The van der Waals surface area contributed by atoms with Gasteiger partial charge in [0.1, 0.15) is 12.2 Å². The second-order valence-corrected chi connectivity index (χ2v) is 6.84. The van der Waals surface area contributed by atoms with Crippen LogP contribution in [0.2, 0.25) is 0 Å². The smallest absolute Gasteiger partial charge is 0.283 e. The first-order chi connectivity index (χ1) is 12.2. The van der Waals surface area contributed by atoms with Crippen LogP contribution in [0.3, 0.4) is 0 Å². The Bertz CT molecular complexity index is 807. The molecule has 0 aliphatic carbocycles. The van der Waals surface area contributed by atoms with E-state index in [2.05, 4.69) is 43.7 Å². The van der Waals surface area contributed by atoms with Gasteiger partial charge < -0.3 is 13.4 Å². The predicted molar refractivity (Wildman–Crippen MR) is 89.2 cm³/mol. The molecule has 0 N–H and O–H groups in total. The van der Waals surface area contributed by atoms with Gasteiger partial charge in [-0.05, 0) is 37.4 Å². The van der Waals surface area contributed by atoms with E-state index in [0.717, 1.165) is 31.8 Å². The van der Waals surface area contributed by atoms with Gasteiger partial charge in [-0.15, -0.1) is 20.4 Å². The first-order valence-corrected chi connectivity index (χ1v) is 8.68. The number of hydrogen-bond donors (Lipinski definition) is 0. The Labute approximate surface area is 145 Å². The molecule has 1 fully saturated rings. The molecular formula is C17H22N6O2. The maximum Gasteiger partial charge on any atom is 0.283 e. The van der Waals surface area contributed by atoms with Crippen LogP contribution in [0, 0.1) is 5.92 Å². The molecule has 1 saturated heterocycles. The van der Waals surface area contributed by atoms with Gasteiger partial charge in [-0.1, -0.05) is 13.8 Å². The summed E-state index contributed by atoms with van der Waals surface area (Å²) in [5.74, 6) is 3.17. The van der Waals surface area contributed by atoms with Crippen molar-refractivity contribution in [2.75, 3.05) is 6.54 Å². The van der Waals surface area contributed by atoms with E-state index in [1.165, 1.54) is 0 Å². The lowest BCUT2D eigenvalue weighted by Crippen LogP contribution is -2.26. The Morgan fingerprint density at radius 3 is 3.00 bits per heavy atom. The van der Waals surface area contributed by atoms with E-state index in [1.807, 2.05) is 12.4 Å². The minimum Gasteiger partial charge on any atom is -0.459 e. The molecule has 4 rings (SSSR count). The zero-order valence-corrected chi connectivity index (χ0v) is 14.5. The van der Waals surface area contributed by atoms with Crippen molar-refractivity contribution in [3.8, 4) is 11.7 Å². The van der Waals surface area contributed by atoms with Crippen molar-refractivity contribution >= 4 is 0 Å². The highest BCUT2D eigenvalue weighted by atomic mass is 16.4. The molecule has 8 nitrogen and oxygen atoms in total. The Kier molecular flexibility index (Phi) is 4.35. The van der Waals surface area contributed by atoms with Crippen molar-refractivity contribution in [3.63, 3.8) is 0 Å². The van der Waals surface area contributed by atoms with E-state index >= 15 is 0 Å². The number of likely N-dealkylation sites (tertiary alicyclic amines) is 1. The van der Waals surface area contributed by atoms with Crippen molar-refractivity contribution in [1.29, 1.82) is 0 Å². The van der Waals surface area contributed by atoms with Crippen molar-refractivity contribution in [2.24, 2.45) is 5.92 Å². The molecule has 0 bridgehead atoms. The maximum absolute atomic E-state index is 5.75. The van der Waals surface area contributed by atoms with E-state index in [4.69, 9.17) is 8.83 Å². The van der Waals surface area contributed by atoms with Gasteiger partial charge in [0.2, 0.25) is 5.89 Å². The fraction of sp³-hybridized carbons (Fsp3) is 0.529. The van der Waals surface area contributed by atoms with Gasteiger partial charge in [0.25, 0.3) is 5.89 Å². The third-order valence-corrected chi connectivity index (χ3v) is 4.41. The van der Waals surface area contributed by atoms with Gasteiger partial charge in [-0.25, -0.2) is 0 Å². The van der Waals surface area contributed by atoms with Crippen LogP contribution in [0.15, 0.2) is 33.6 Å². The zero-order chi connectivity index (χ0) is 17.2. The summed E-state index contributed by atoms with van der Waals surface area (Å²) in [4.78, 5) is 2.33. The number of aromatic nitrogens is 5. The molecule has 1 atom stereocenters. The summed E-state index contributed by atoms with van der Waals surface area (Å²) in [5, 5.41) is 16.7. The van der Waals surface area contributed by atoms with Gasteiger partial charge in [-0.3, -0.25) is 4.90 Å². The van der Waals surface area contributed by atoms with Crippen LogP contribution in [-0.2, 0) is 13.1 Å². The predicted octanol–water partition coefficient (Wildman–Crippen LogP) is 2.91. The number of furan rings is 1. The SMILES string of the molecule is CC(C)Cn1cnnc1C1CCCN1Cc1nnc(-c2ccco2)o1. The van der Waals surface area contributed by atoms with E-state index < -0.39 is 0 Å². The lowest BCUT2D eigenvalue weighted by molar-refractivity contribution is 0.211. The molecule has 4 heterocycles. The molecule has 0 spiro atoms. The third kappa shape index (κ3) is 3.34. The molecule has 1 aliphatic heterocycles. The van der Waals surface area contributed by atoms with E-state index in [9.17, 15) is 0 Å². The summed E-state index contributed by atoms with van der Waals surface area (Å²) < 4.78 is 13.2.